The molecule has 3 heteroatoms. The van der Waals surface area contributed by atoms with Gasteiger partial charge < -0.3 is 9.84 Å². The van der Waals surface area contributed by atoms with Gasteiger partial charge in [0.1, 0.15) is 12.4 Å². The van der Waals surface area contributed by atoms with Gasteiger partial charge in [0.25, 0.3) is 0 Å². The summed E-state index contributed by atoms with van der Waals surface area (Å²) in [7, 11) is 0. The molecular weight excluding hydrogens is 228 g/mol. The first kappa shape index (κ1) is 14.3. The molecule has 0 aliphatic heterocycles. The summed E-state index contributed by atoms with van der Waals surface area (Å²) < 4.78 is 5.61. The number of carboxylic acid groups (broad SMARTS) is 1. The van der Waals surface area contributed by atoms with Gasteiger partial charge in [-0.15, -0.1) is 0 Å². The van der Waals surface area contributed by atoms with E-state index >= 15 is 0 Å². The SMILES string of the molecule is C/C(=C\C(=O)O)COc1cc(C)cc(C(C)C)c1. The number of rotatable bonds is 5. The number of ether oxygens (including phenoxy) is 1. The minimum atomic E-state index is -0.941. The zero-order chi connectivity index (χ0) is 13.7. The molecule has 0 aliphatic rings. The Bertz CT molecular complexity index is 459. The van der Waals surface area contributed by atoms with Crippen molar-refractivity contribution in [2.24, 2.45) is 0 Å². The van der Waals surface area contributed by atoms with E-state index in [1.54, 1.807) is 6.92 Å². The van der Waals surface area contributed by atoms with Gasteiger partial charge in [0.2, 0.25) is 0 Å². The van der Waals surface area contributed by atoms with Gasteiger partial charge in [-0.1, -0.05) is 19.9 Å². The molecule has 1 rings (SSSR count). The molecule has 1 N–H and O–H groups in total. The average molecular weight is 248 g/mol. The molecule has 0 saturated heterocycles. The van der Waals surface area contributed by atoms with Gasteiger partial charge in [-0.05, 0) is 48.6 Å². The van der Waals surface area contributed by atoms with Crippen molar-refractivity contribution in [1.29, 1.82) is 0 Å². The monoisotopic (exact) mass is 248 g/mol. The fourth-order valence-electron chi connectivity index (χ4n) is 1.64. The lowest BCUT2D eigenvalue weighted by atomic mass is 10.0. The molecule has 0 aliphatic carbocycles. The third-order valence-electron chi connectivity index (χ3n) is 2.58. The average Bonchev–Trinajstić information content (AvgIpc) is 2.24. The molecule has 0 atom stereocenters. The standard InChI is InChI=1S/C15H20O3/c1-10(2)13-5-11(3)6-14(8-13)18-9-12(4)7-15(16)17/h5-8,10H,9H2,1-4H3,(H,16,17)/b12-7+. The van der Waals surface area contributed by atoms with Crippen molar-refractivity contribution in [3.63, 3.8) is 0 Å². The molecule has 0 radical (unpaired) electrons. The number of hydrogen-bond donors (Lipinski definition) is 1. The van der Waals surface area contributed by atoms with Crippen molar-refractivity contribution in [2.75, 3.05) is 6.61 Å². The Hall–Kier alpha value is -1.77. The summed E-state index contributed by atoms with van der Waals surface area (Å²) in [5.41, 5.74) is 3.07. The van der Waals surface area contributed by atoms with Gasteiger partial charge in [-0.3, -0.25) is 0 Å². The number of carbonyl (C=O) groups is 1. The highest BCUT2D eigenvalue weighted by atomic mass is 16.5. The highest BCUT2D eigenvalue weighted by molar-refractivity contribution is 5.80. The summed E-state index contributed by atoms with van der Waals surface area (Å²) in [6, 6.07) is 6.10. The smallest absolute Gasteiger partial charge is 0.328 e. The summed E-state index contributed by atoms with van der Waals surface area (Å²) in [6.45, 7) is 8.33. The zero-order valence-electron chi connectivity index (χ0n) is 11.4. The molecule has 3 nitrogen and oxygen atoms in total. The summed E-state index contributed by atoms with van der Waals surface area (Å²) in [4.78, 5) is 10.5. The first-order valence-electron chi connectivity index (χ1n) is 6.03. The minimum Gasteiger partial charge on any atom is -0.489 e. The molecule has 0 fully saturated rings. The van der Waals surface area contributed by atoms with Gasteiger partial charge in [-0.25, -0.2) is 4.79 Å². The van der Waals surface area contributed by atoms with Crippen LogP contribution in [-0.2, 0) is 4.79 Å². The number of aryl methyl sites for hydroxylation is 1. The van der Waals surface area contributed by atoms with E-state index in [4.69, 9.17) is 9.84 Å². The lowest BCUT2D eigenvalue weighted by molar-refractivity contribution is -0.131. The Morgan fingerprint density at radius 3 is 2.61 bits per heavy atom. The quantitative estimate of drug-likeness (QED) is 0.811. The molecule has 1 aromatic carbocycles. The van der Waals surface area contributed by atoms with E-state index in [0.29, 0.717) is 18.1 Å². The van der Waals surface area contributed by atoms with Crippen LogP contribution in [0.3, 0.4) is 0 Å². The second kappa shape index (κ2) is 6.24. The third kappa shape index (κ3) is 4.62. The van der Waals surface area contributed by atoms with E-state index in [1.165, 1.54) is 11.6 Å². The topological polar surface area (TPSA) is 46.5 Å². The molecule has 0 heterocycles. The van der Waals surface area contributed by atoms with E-state index in [9.17, 15) is 4.79 Å². The van der Waals surface area contributed by atoms with Crippen LogP contribution >= 0.6 is 0 Å². The number of benzene rings is 1. The molecule has 0 saturated carbocycles. The first-order chi connectivity index (χ1) is 8.38. The maximum Gasteiger partial charge on any atom is 0.328 e. The van der Waals surface area contributed by atoms with Gasteiger partial charge in [0, 0.05) is 6.08 Å². The zero-order valence-corrected chi connectivity index (χ0v) is 11.4. The molecule has 0 amide bonds. The fourth-order valence-corrected chi connectivity index (χ4v) is 1.64. The first-order valence-corrected chi connectivity index (χ1v) is 6.03. The van der Waals surface area contributed by atoms with Crippen LogP contribution in [0.2, 0.25) is 0 Å². The maximum atomic E-state index is 10.5. The van der Waals surface area contributed by atoms with Crippen molar-refractivity contribution in [1.82, 2.24) is 0 Å². The van der Waals surface area contributed by atoms with Crippen molar-refractivity contribution in [2.45, 2.75) is 33.6 Å². The van der Waals surface area contributed by atoms with Crippen LogP contribution in [0, 0.1) is 6.92 Å². The second-order valence-electron chi connectivity index (χ2n) is 4.85. The van der Waals surface area contributed by atoms with Crippen molar-refractivity contribution in [3.05, 3.63) is 41.0 Å². The Balaban J connectivity index is 2.76. The van der Waals surface area contributed by atoms with E-state index in [2.05, 4.69) is 19.9 Å². The largest absolute Gasteiger partial charge is 0.489 e. The highest BCUT2D eigenvalue weighted by Gasteiger charge is 2.04. The van der Waals surface area contributed by atoms with Gasteiger partial charge >= 0.3 is 5.97 Å². The van der Waals surface area contributed by atoms with Gasteiger partial charge in [0.15, 0.2) is 0 Å². The molecule has 0 spiro atoms. The highest BCUT2D eigenvalue weighted by Crippen LogP contribution is 2.23. The summed E-state index contributed by atoms with van der Waals surface area (Å²) in [5.74, 6) is 0.294. The Labute approximate surface area is 108 Å². The maximum absolute atomic E-state index is 10.5. The predicted octanol–water partition coefficient (Wildman–Crippen LogP) is 3.53. The van der Waals surface area contributed by atoms with Crippen LogP contribution in [0.15, 0.2) is 29.8 Å². The van der Waals surface area contributed by atoms with E-state index in [1.807, 2.05) is 19.1 Å². The summed E-state index contributed by atoms with van der Waals surface area (Å²) >= 11 is 0. The van der Waals surface area contributed by atoms with Crippen molar-refractivity contribution >= 4 is 5.97 Å². The molecule has 0 aromatic heterocycles. The molecule has 0 bridgehead atoms. The fraction of sp³-hybridized carbons (Fsp3) is 0.400. The predicted molar refractivity (Wildman–Crippen MR) is 72.2 cm³/mol. The van der Waals surface area contributed by atoms with Crippen LogP contribution < -0.4 is 4.74 Å². The van der Waals surface area contributed by atoms with Crippen molar-refractivity contribution in [3.8, 4) is 5.75 Å². The Kier molecular flexibility index (Phi) is 4.95. The number of hydrogen-bond acceptors (Lipinski definition) is 2. The van der Waals surface area contributed by atoms with Crippen molar-refractivity contribution < 1.29 is 14.6 Å². The number of carboxylic acids is 1. The van der Waals surface area contributed by atoms with Crippen LogP contribution in [0.25, 0.3) is 0 Å². The lowest BCUT2D eigenvalue weighted by Crippen LogP contribution is -2.02. The van der Waals surface area contributed by atoms with Crippen LogP contribution in [0.5, 0.6) is 5.75 Å². The van der Waals surface area contributed by atoms with Crippen LogP contribution in [0.4, 0.5) is 0 Å². The Morgan fingerprint density at radius 2 is 2.06 bits per heavy atom. The van der Waals surface area contributed by atoms with Gasteiger partial charge in [-0.2, -0.15) is 0 Å². The summed E-state index contributed by atoms with van der Waals surface area (Å²) in [5, 5.41) is 8.61. The third-order valence-corrected chi connectivity index (χ3v) is 2.58. The number of aliphatic carboxylic acids is 1. The van der Waals surface area contributed by atoms with E-state index < -0.39 is 5.97 Å². The Morgan fingerprint density at radius 1 is 1.39 bits per heavy atom. The molecular formula is C15H20O3. The molecule has 0 unspecified atom stereocenters. The van der Waals surface area contributed by atoms with E-state index in [-0.39, 0.29) is 0 Å². The molecule has 98 valence electrons. The summed E-state index contributed by atoms with van der Waals surface area (Å²) in [6.07, 6.45) is 1.17. The second-order valence-corrected chi connectivity index (χ2v) is 4.85. The van der Waals surface area contributed by atoms with Gasteiger partial charge in [0.05, 0.1) is 0 Å². The minimum absolute atomic E-state index is 0.299. The van der Waals surface area contributed by atoms with Crippen LogP contribution in [-0.4, -0.2) is 17.7 Å². The molecule has 1 aromatic rings. The van der Waals surface area contributed by atoms with E-state index in [0.717, 1.165) is 11.3 Å². The molecule has 18 heavy (non-hydrogen) atoms. The van der Waals surface area contributed by atoms with Crippen LogP contribution in [0.1, 0.15) is 37.8 Å². The normalized spacial score (nSPS) is 11.7. The lowest BCUT2D eigenvalue weighted by Gasteiger charge is -2.11.